The molecule has 6 heteroatoms. The molecule has 2 aliphatic rings. The van der Waals surface area contributed by atoms with Gasteiger partial charge in [-0.1, -0.05) is 12.1 Å². The van der Waals surface area contributed by atoms with Gasteiger partial charge in [0.05, 0.1) is 27.5 Å². The third-order valence-electron chi connectivity index (χ3n) is 6.64. The summed E-state index contributed by atoms with van der Waals surface area (Å²) in [6.07, 6.45) is 6.69. The van der Waals surface area contributed by atoms with E-state index in [1.807, 2.05) is 6.07 Å². The van der Waals surface area contributed by atoms with Gasteiger partial charge in [-0.3, -0.25) is 4.79 Å². The van der Waals surface area contributed by atoms with Gasteiger partial charge >= 0.3 is 0 Å². The molecular formula is C23H29N4OS+. The summed E-state index contributed by atoms with van der Waals surface area (Å²) in [5.74, 6) is 0.689. The number of hydrogen-bond donors (Lipinski definition) is 1. The van der Waals surface area contributed by atoms with Crippen LogP contribution in [-0.2, 0) is 11.8 Å². The Hall–Kier alpha value is -2.18. The van der Waals surface area contributed by atoms with Crippen molar-refractivity contribution in [2.24, 2.45) is 7.05 Å². The Kier molecular flexibility index (Phi) is 5.14. The highest BCUT2D eigenvalue weighted by atomic mass is 32.1. The van der Waals surface area contributed by atoms with Crippen LogP contribution >= 0.6 is 11.3 Å². The number of benzene rings is 1. The molecular weight excluding hydrogens is 380 g/mol. The lowest BCUT2D eigenvalue weighted by atomic mass is 9.98. The maximum absolute atomic E-state index is 13.2. The summed E-state index contributed by atoms with van der Waals surface area (Å²) >= 11 is 1.79. The van der Waals surface area contributed by atoms with Gasteiger partial charge in [-0.15, -0.1) is 11.3 Å². The number of carbonyl (C=O) groups is 1. The molecule has 1 amide bonds. The average Bonchev–Trinajstić information content (AvgIpc) is 3.47. The van der Waals surface area contributed by atoms with Gasteiger partial charge in [0.15, 0.2) is 6.54 Å². The van der Waals surface area contributed by atoms with Crippen LogP contribution in [0.2, 0.25) is 0 Å². The van der Waals surface area contributed by atoms with Crippen molar-refractivity contribution in [1.29, 1.82) is 0 Å². The summed E-state index contributed by atoms with van der Waals surface area (Å²) in [5, 5.41) is 1.19. The monoisotopic (exact) mass is 409 g/mol. The van der Waals surface area contributed by atoms with Gasteiger partial charge in [0.1, 0.15) is 6.04 Å². The third-order valence-corrected chi connectivity index (χ3v) is 7.84. The smallest absolute Gasteiger partial charge is 0.277 e. The number of quaternary nitrogens is 1. The maximum atomic E-state index is 13.2. The van der Waals surface area contributed by atoms with Crippen molar-refractivity contribution in [1.82, 2.24) is 14.5 Å². The van der Waals surface area contributed by atoms with Crippen molar-refractivity contribution < 1.29 is 9.69 Å². The minimum absolute atomic E-state index is 0.312. The van der Waals surface area contributed by atoms with Gasteiger partial charge in [-0.2, -0.15) is 0 Å². The lowest BCUT2D eigenvalue weighted by molar-refractivity contribution is -0.911. The second-order valence-electron chi connectivity index (χ2n) is 8.52. The Morgan fingerprint density at radius 3 is 2.93 bits per heavy atom. The molecule has 2 fully saturated rings. The summed E-state index contributed by atoms with van der Waals surface area (Å²) < 4.78 is 3.46. The molecule has 3 atom stereocenters. The second kappa shape index (κ2) is 7.92. The number of hydrogen-bond acceptors (Lipinski definition) is 3. The molecule has 2 saturated heterocycles. The Morgan fingerprint density at radius 1 is 1.21 bits per heavy atom. The van der Waals surface area contributed by atoms with E-state index in [0.29, 0.717) is 24.4 Å². The Labute approximate surface area is 175 Å². The minimum atomic E-state index is 0.312. The lowest BCUT2D eigenvalue weighted by Gasteiger charge is -2.33. The van der Waals surface area contributed by atoms with Gasteiger partial charge in [0.2, 0.25) is 0 Å². The van der Waals surface area contributed by atoms with E-state index < -0.39 is 0 Å². The van der Waals surface area contributed by atoms with Crippen molar-refractivity contribution >= 4 is 27.5 Å². The quantitative estimate of drug-likeness (QED) is 0.720. The van der Waals surface area contributed by atoms with Crippen LogP contribution in [0.3, 0.4) is 0 Å². The largest absolute Gasteiger partial charge is 0.350 e. The molecule has 0 saturated carbocycles. The highest BCUT2D eigenvalue weighted by Crippen LogP contribution is 2.33. The first kappa shape index (κ1) is 18.8. The molecule has 5 nitrogen and oxygen atoms in total. The van der Waals surface area contributed by atoms with E-state index >= 15 is 0 Å². The van der Waals surface area contributed by atoms with E-state index in [1.165, 1.54) is 33.1 Å². The zero-order valence-electron chi connectivity index (χ0n) is 17.0. The fraction of sp³-hybridized carbons (Fsp3) is 0.478. The van der Waals surface area contributed by atoms with Crippen molar-refractivity contribution in [3.05, 3.63) is 53.3 Å². The first-order valence-electron chi connectivity index (χ1n) is 10.8. The highest BCUT2D eigenvalue weighted by Gasteiger charge is 2.35. The van der Waals surface area contributed by atoms with Crippen molar-refractivity contribution in [3.63, 3.8) is 0 Å². The first-order chi connectivity index (χ1) is 14.2. The summed E-state index contributed by atoms with van der Waals surface area (Å²) in [7, 11) is 2.11. The van der Waals surface area contributed by atoms with E-state index in [1.54, 1.807) is 11.3 Å². The Morgan fingerprint density at radius 2 is 2.10 bits per heavy atom. The normalized spacial score (nSPS) is 25.0. The number of para-hydroxylation sites is 1. The van der Waals surface area contributed by atoms with Crippen LogP contribution < -0.4 is 4.90 Å². The van der Waals surface area contributed by atoms with Crippen molar-refractivity contribution in [3.8, 4) is 0 Å². The zero-order chi connectivity index (χ0) is 19.8. The van der Waals surface area contributed by atoms with Crippen LogP contribution in [0.25, 0.3) is 10.2 Å². The average molecular weight is 410 g/mol. The molecule has 0 aliphatic carbocycles. The van der Waals surface area contributed by atoms with E-state index in [2.05, 4.69) is 53.0 Å². The highest BCUT2D eigenvalue weighted by molar-refractivity contribution is 7.18. The van der Waals surface area contributed by atoms with E-state index in [9.17, 15) is 4.79 Å². The van der Waals surface area contributed by atoms with Gasteiger partial charge in [-0.05, 0) is 37.1 Å². The number of rotatable bonds is 4. The SMILES string of the molecule is Cn1cccc1[C@H]1CCC[NH+]1CC(=O)N1CCC[C@H](c2nc3ccccc3s2)C1. The van der Waals surface area contributed by atoms with Crippen LogP contribution in [0.1, 0.15) is 48.3 Å². The van der Waals surface area contributed by atoms with Crippen LogP contribution in [0, 0.1) is 0 Å². The number of nitrogens with zero attached hydrogens (tertiary/aromatic N) is 3. The van der Waals surface area contributed by atoms with E-state index in [-0.39, 0.29) is 0 Å². The number of likely N-dealkylation sites (tertiary alicyclic amines) is 2. The standard InChI is InChI=1S/C23H28N4OS/c1-25-12-5-9-19(25)20-10-6-13-26(20)16-22(28)27-14-4-7-17(15-27)23-24-18-8-2-3-11-21(18)29-23/h2-3,5,8-9,11-12,17,20H,4,6-7,10,13-16H2,1H3/p+1/t17-,20+/m0/s1. The van der Waals surface area contributed by atoms with Crippen molar-refractivity contribution in [2.75, 3.05) is 26.2 Å². The molecule has 0 radical (unpaired) electrons. The van der Waals surface area contributed by atoms with Crippen LogP contribution in [0.5, 0.6) is 0 Å². The van der Waals surface area contributed by atoms with Gasteiger partial charge in [0.25, 0.3) is 5.91 Å². The molecule has 0 spiro atoms. The van der Waals surface area contributed by atoms with Crippen LogP contribution in [0.15, 0.2) is 42.6 Å². The number of aryl methyl sites for hydroxylation is 1. The molecule has 1 unspecified atom stereocenters. The predicted molar refractivity (Wildman–Crippen MR) is 116 cm³/mol. The van der Waals surface area contributed by atoms with Crippen LogP contribution in [-0.4, -0.2) is 46.5 Å². The number of fused-ring (bicyclic) bond motifs is 1. The molecule has 2 aromatic heterocycles. The first-order valence-corrected chi connectivity index (χ1v) is 11.6. The Bertz CT molecular complexity index is 976. The van der Waals surface area contributed by atoms with Gasteiger partial charge < -0.3 is 14.4 Å². The molecule has 5 rings (SSSR count). The molecule has 0 bridgehead atoms. The number of piperidine rings is 1. The van der Waals surface area contributed by atoms with E-state index in [0.717, 1.165) is 38.0 Å². The summed E-state index contributed by atoms with van der Waals surface area (Å²) in [5.41, 5.74) is 2.44. The molecule has 1 N–H and O–H groups in total. The zero-order valence-corrected chi connectivity index (χ0v) is 17.8. The summed E-state index contributed by atoms with van der Waals surface area (Å²) in [4.78, 5) is 21.6. The Balaban J connectivity index is 1.27. The molecule has 152 valence electrons. The molecule has 1 aromatic carbocycles. The molecule has 2 aliphatic heterocycles. The molecule has 4 heterocycles. The maximum Gasteiger partial charge on any atom is 0.277 e. The lowest BCUT2D eigenvalue weighted by Crippen LogP contribution is -3.11. The topological polar surface area (TPSA) is 42.6 Å². The number of amides is 1. The minimum Gasteiger partial charge on any atom is -0.350 e. The van der Waals surface area contributed by atoms with E-state index in [4.69, 9.17) is 4.98 Å². The summed E-state index contributed by atoms with van der Waals surface area (Å²) in [6, 6.07) is 13.1. The number of aromatic nitrogens is 2. The second-order valence-corrected chi connectivity index (χ2v) is 9.58. The van der Waals surface area contributed by atoms with Gasteiger partial charge in [0, 0.05) is 45.1 Å². The van der Waals surface area contributed by atoms with Crippen molar-refractivity contribution in [2.45, 2.75) is 37.6 Å². The number of nitrogens with one attached hydrogen (secondary N) is 1. The number of carbonyl (C=O) groups excluding carboxylic acids is 1. The molecule has 29 heavy (non-hydrogen) atoms. The molecule has 3 aromatic rings. The van der Waals surface area contributed by atoms with Gasteiger partial charge in [-0.25, -0.2) is 4.98 Å². The third kappa shape index (κ3) is 3.71. The predicted octanol–water partition coefficient (Wildman–Crippen LogP) is 2.76. The van der Waals surface area contributed by atoms with Crippen LogP contribution in [0.4, 0.5) is 0 Å². The number of thiazole rings is 1. The fourth-order valence-electron chi connectivity index (χ4n) is 5.09. The fourth-order valence-corrected chi connectivity index (χ4v) is 6.19. The summed E-state index contributed by atoms with van der Waals surface area (Å²) in [6.45, 7) is 3.42.